The van der Waals surface area contributed by atoms with Gasteiger partial charge >= 0.3 is 0 Å². The summed E-state index contributed by atoms with van der Waals surface area (Å²) in [7, 11) is 1.77. The average molecular weight is 452 g/mol. The van der Waals surface area contributed by atoms with Crippen molar-refractivity contribution in [3.05, 3.63) is 65.2 Å². The van der Waals surface area contributed by atoms with Crippen molar-refractivity contribution in [2.45, 2.75) is 10.8 Å². The summed E-state index contributed by atoms with van der Waals surface area (Å²) in [6.45, 7) is 2.95. The van der Waals surface area contributed by atoms with E-state index in [-0.39, 0.29) is 25.0 Å². The highest BCUT2D eigenvalue weighted by atomic mass is 32.2. The molecule has 3 aliphatic heterocycles. The Bertz CT molecular complexity index is 1070. The third kappa shape index (κ3) is 3.90. The predicted molar refractivity (Wildman–Crippen MR) is 123 cm³/mol. The highest BCUT2D eigenvalue weighted by Crippen LogP contribution is 2.39. The molecule has 1 atom stereocenters. The number of likely N-dealkylation sites (tertiary alicyclic amines) is 1. The first kappa shape index (κ1) is 21.1. The van der Waals surface area contributed by atoms with Crippen LogP contribution >= 0.6 is 11.9 Å². The molecule has 2 fully saturated rings. The second kappa shape index (κ2) is 8.61. The highest BCUT2D eigenvalue weighted by Gasteiger charge is 2.35. The number of ether oxygens (including phenoxy) is 1. The quantitative estimate of drug-likeness (QED) is 0.556. The summed E-state index contributed by atoms with van der Waals surface area (Å²) in [6.07, 6.45) is 0. The molecule has 3 heterocycles. The first-order valence-electron chi connectivity index (χ1n) is 10.6. The minimum atomic E-state index is -0.491. The standard InChI is InChI=1S/C24H25N3O4S/c1-25-21-9-19(7-8-22(21)31-15-23(25)29)32-27-12-18(13-27)17-10-26(11-17)24(30)20(14-28)16-5-3-2-4-6-16/h2-9,20,28H,10-15H2,1H3. The Balaban J connectivity index is 1.15. The van der Waals surface area contributed by atoms with Crippen LogP contribution in [0.3, 0.4) is 0 Å². The molecule has 2 amide bonds. The molecular weight excluding hydrogens is 426 g/mol. The lowest BCUT2D eigenvalue weighted by Gasteiger charge is -2.42. The van der Waals surface area contributed by atoms with Crippen molar-refractivity contribution in [1.29, 1.82) is 0 Å². The lowest BCUT2D eigenvalue weighted by atomic mass is 9.92. The Morgan fingerprint density at radius 1 is 1.09 bits per heavy atom. The van der Waals surface area contributed by atoms with Gasteiger partial charge in [-0.25, -0.2) is 4.31 Å². The van der Waals surface area contributed by atoms with Gasteiger partial charge < -0.3 is 19.6 Å². The first-order valence-corrected chi connectivity index (χ1v) is 11.4. The first-order chi connectivity index (χ1) is 15.5. The summed E-state index contributed by atoms with van der Waals surface area (Å²) >= 11 is 1.67. The largest absolute Gasteiger partial charge is 0.482 e. The van der Waals surface area contributed by atoms with E-state index in [2.05, 4.69) is 4.31 Å². The SMILES string of the molecule is CN1C(=O)COc2ccc(SN3CC(=C4CN(C(=O)C(CO)c5ccccc5)C4)C3)cc21. The fraction of sp³-hybridized carbons (Fsp3) is 0.333. The summed E-state index contributed by atoms with van der Waals surface area (Å²) in [5.74, 6) is 0.187. The summed E-state index contributed by atoms with van der Waals surface area (Å²) in [5, 5.41) is 9.73. The number of carbonyl (C=O) groups excluding carboxylic acids is 2. The topological polar surface area (TPSA) is 73.3 Å². The number of benzene rings is 2. The zero-order valence-electron chi connectivity index (χ0n) is 17.9. The summed E-state index contributed by atoms with van der Waals surface area (Å²) in [5.41, 5.74) is 4.37. The van der Waals surface area contributed by atoms with E-state index in [0.29, 0.717) is 13.1 Å². The molecule has 7 nitrogen and oxygen atoms in total. The average Bonchev–Trinajstić information content (AvgIpc) is 2.75. The molecule has 0 aliphatic carbocycles. The molecule has 32 heavy (non-hydrogen) atoms. The van der Waals surface area contributed by atoms with Crippen LogP contribution < -0.4 is 9.64 Å². The number of hydrogen-bond acceptors (Lipinski definition) is 6. The van der Waals surface area contributed by atoms with Gasteiger partial charge in [-0.05, 0) is 46.9 Å². The summed E-state index contributed by atoms with van der Waals surface area (Å²) in [6, 6.07) is 15.4. The van der Waals surface area contributed by atoms with Crippen molar-refractivity contribution in [2.24, 2.45) is 0 Å². The molecular formula is C24H25N3O4S. The number of anilines is 1. The number of likely N-dealkylation sites (N-methyl/N-ethyl adjacent to an activating group) is 1. The molecule has 0 radical (unpaired) electrons. The number of fused-ring (bicyclic) bond motifs is 1. The number of hydrogen-bond donors (Lipinski definition) is 1. The van der Waals surface area contributed by atoms with Crippen LogP contribution in [-0.4, -0.2) is 72.6 Å². The number of aliphatic hydroxyl groups excluding tert-OH is 1. The molecule has 2 aromatic rings. The fourth-order valence-corrected chi connectivity index (χ4v) is 5.18. The Hall–Kier alpha value is -2.81. The molecule has 0 spiro atoms. The van der Waals surface area contributed by atoms with Gasteiger partial charge in [0.25, 0.3) is 5.91 Å². The molecule has 2 aromatic carbocycles. The van der Waals surface area contributed by atoms with E-state index in [9.17, 15) is 14.7 Å². The number of amides is 2. The fourth-order valence-electron chi connectivity index (χ4n) is 4.15. The Labute approximate surface area is 191 Å². The monoisotopic (exact) mass is 451 g/mol. The van der Waals surface area contributed by atoms with Gasteiger partial charge in [0.2, 0.25) is 5.91 Å². The van der Waals surface area contributed by atoms with Gasteiger partial charge in [0, 0.05) is 38.1 Å². The maximum absolute atomic E-state index is 12.8. The third-order valence-corrected chi connectivity index (χ3v) is 7.22. The molecule has 0 saturated carbocycles. The van der Waals surface area contributed by atoms with Crippen molar-refractivity contribution >= 4 is 29.4 Å². The second-order valence-corrected chi connectivity index (χ2v) is 9.48. The van der Waals surface area contributed by atoms with Gasteiger partial charge in [-0.2, -0.15) is 0 Å². The molecule has 2 saturated heterocycles. The van der Waals surface area contributed by atoms with Crippen LogP contribution in [-0.2, 0) is 9.59 Å². The van der Waals surface area contributed by atoms with Crippen LogP contribution in [0.25, 0.3) is 0 Å². The lowest BCUT2D eigenvalue weighted by Crippen LogP contribution is -2.50. The van der Waals surface area contributed by atoms with Gasteiger partial charge in [-0.1, -0.05) is 30.3 Å². The molecule has 0 bridgehead atoms. The zero-order chi connectivity index (χ0) is 22.2. The van der Waals surface area contributed by atoms with Crippen molar-refractivity contribution in [3.63, 3.8) is 0 Å². The molecule has 1 N–H and O–H groups in total. The number of nitrogens with zero attached hydrogens (tertiary/aromatic N) is 3. The molecule has 0 aromatic heterocycles. The number of carbonyl (C=O) groups is 2. The predicted octanol–water partition coefficient (Wildman–Crippen LogP) is 2.28. The molecule has 8 heteroatoms. The van der Waals surface area contributed by atoms with Crippen molar-refractivity contribution in [1.82, 2.24) is 9.21 Å². The van der Waals surface area contributed by atoms with Crippen molar-refractivity contribution in [2.75, 3.05) is 51.3 Å². The van der Waals surface area contributed by atoms with Gasteiger partial charge in [0.15, 0.2) is 6.61 Å². The van der Waals surface area contributed by atoms with Crippen LogP contribution in [0, 0.1) is 0 Å². The molecule has 1 unspecified atom stereocenters. The lowest BCUT2D eigenvalue weighted by molar-refractivity contribution is -0.135. The highest BCUT2D eigenvalue weighted by molar-refractivity contribution is 7.97. The molecule has 5 rings (SSSR count). The summed E-state index contributed by atoms with van der Waals surface area (Å²) < 4.78 is 7.75. The van der Waals surface area contributed by atoms with Gasteiger partial charge in [-0.15, -0.1) is 0 Å². The second-order valence-electron chi connectivity index (χ2n) is 8.31. The van der Waals surface area contributed by atoms with Crippen LogP contribution in [0.15, 0.2) is 64.6 Å². The van der Waals surface area contributed by atoms with E-state index < -0.39 is 5.92 Å². The third-order valence-electron chi connectivity index (χ3n) is 6.24. The maximum atomic E-state index is 12.8. The number of rotatable bonds is 5. The Kier molecular flexibility index (Phi) is 5.67. The van der Waals surface area contributed by atoms with Gasteiger partial charge in [-0.3, -0.25) is 9.59 Å². The van der Waals surface area contributed by atoms with E-state index in [0.717, 1.165) is 35.0 Å². The Morgan fingerprint density at radius 3 is 2.53 bits per heavy atom. The zero-order valence-corrected chi connectivity index (χ0v) is 18.7. The van der Waals surface area contributed by atoms with Gasteiger partial charge in [0.05, 0.1) is 18.2 Å². The summed E-state index contributed by atoms with van der Waals surface area (Å²) in [4.78, 5) is 29.2. The van der Waals surface area contributed by atoms with Crippen molar-refractivity contribution in [3.8, 4) is 5.75 Å². The van der Waals surface area contributed by atoms with E-state index in [4.69, 9.17) is 4.74 Å². The minimum absolute atomic E-state index is 0.0106. The normalized spacial score (nSPS) is 19.1. The van der Waals surface area contributed by atoms with Crippen LogP contribution in [0.5, 0.6) is 5.75 Å². The van der Waals surface area contributed by atoms with Crippen LogP contribution in [0.1, 0.15) is 11.5 Å². The Morgan fingerprint density at radius 2 is 1.81 bits per heavy atom. The van der Waals surface area contributed by atoms with Crippen LogP contribution in [0.2, 0.25) is 0 Å². The van der Waals surface area contributed by atoms with E-state index >= 15 is 0 Å². The van der Waals surface area contributed by atoms with Crippen molar-refractivity contribution < 1.29 is 19.4 Å². The molecule has 166 valence electrons. The molecule has 3 aliphatic rings. The minimum Gasteiger partial charge on any atom is -0.482 e. The van der Waals surface area contributed by atoms with E-state index in [1.807, 2.05) is 53.4 Å². The van der Waals surface area contributed by atoms with Crippen LogP contribution in [0.4, 0.5) is 5.69 Å². The number of aliphatic hydroxyl groups is 1. The van der Waals surface area contributed by atoms with Gasteiger partial charge in [0.1, 0.15) is 5.75 Å². The van der Waals surface area contributed by atoms with E-state index in [1.165, 1.54) is 11.1 Å². The van der Waals surface area contributed by atoms with E-state index in [1.54, 1.807) is 23.9 Å². The maximum Gasteiger partial charge on any atom is 0.264 e. The smallest absolute Gasteiger partial charge is 0.264 e.